The number of hydrogen-bond acceptors (Lipinski definition) is 5. The Labute approximate surface area is 227 Å². The lowest BCUT2D eigenvalue weighted by Crippen LogP contribution is -2.47. The molecule has 0 aliphatic carbocycles. The molecule has 2 amide bonds. The maximum atomic E-state index is 14.2. The molecule has 11 heteroatoms. The van der Waals surface area contributed by atoms with Crippen LogP contribution in [0.4, 0.5) is 14.5 Å². The Morgan fingerprint density at radius 2 is 2.05 bits per heavy atom. The Hall–Kier alpha value is -3.76. The zero-order valence-electron chi connectivity index (χ0n) is 22.8. The minimum absolute atomic E-state index is 0.0137. The van der Waals surface area contributed by atoms with E-state index in [1.807, 2.05) is 13.8 Å². The van der Waals surface area contributed by atoms with E-state index in [-0.39, 0.29) is 29.9 Å². The third-order valence-corrected chi connectivity index (χ3v) is 7.32. The predicted octanol–water partition coefficient (Wildman–Crippen LogP) is 3.77. The molecular weight excluding hydrogens is 504 g/mol. The smallest absolute Gasteiger partial charge is 0.264 e. The molecule has 0 saturated carbocycles. The summed E-state index contributed by atoms with van der Waals surface area (Å²) in [5.74, 6) is 0.185. The quantitative estimate of drug-likeness (QED) is 0.293. The molecule has 1 atom stereocenters. The van der Waals surface area contributed by atoms with Crippen molar-refractivity contribution in [2.75, 3.05) is 31.1 Å². The molecule has 3 aliphatic rings. The molecular formula is C28H37F2N7O2. The van der Waals surface area contributed by atoms with Gasteiger partial charge in [0.25, 0.3) is 6.43 Å². The van der Waals surface area contributed by atoms with Crippen LogP contribution in [0.25, 0.3) is 11.1 Å². The number of amidine groups is 1. The molecule has 1 aromatic heterocycles. The summed E-state index contributed by atoms with van der Waals surface area (Å²) in [4.78, 5) is 26.9. The van der Waals surface area contributed by atoms with Crippen molar-refractivity contribution in [2.24, 2.45) is 7.05 Å². The van der Waals surface area contributed by atoms with Gasteiger partial charge in [-0.2, -0.15) is 5.10 Å². The minimum Gasteiger partial charge on any atom is -0.385 e. The van der Waals surface area contributed by atoms with Gasteiger partial charge in [-0.1, -0.05) is 13.8 Å². The number of fused-ring (bicyclic) bond motifs is 1. The lowest BCUT2D eigenvalue weighted by atomic mass is 9.92. The first-order valence-electron chi connectivity index (χ1n) is 13.6. The summed E-state index contributed by atoms with van der Waals surface area (Å²) in [7, 11) is 1.75. The normalized spacial score (nSPS) is 19.2. The number of benzene rings is 1. The first-order valence-corrected chi connectivity index (χ1v) is 13.6. The summed E-state index contributed by atoms with van der Waals surface area (Å²) >= 11 is 0. The number of nitrogens with one attached hydrogen (secondary N) is 3. The minimum atomic E-state index is -2.69. The molecule has 1 aromatic carbocycles. The van der Waals surface area contributed by atoms with Crippen LogP contribution in [-0.4, -0.2) is 65.1 Å². The molecule has 1 fully saturated rings. The second-order valence-electron chi connectivity index (χ2n) is 9.84. The molecule has 4 heterocycles. The number of aryl methyl sites for hydroxylation is 2. The van der Waals surface area contributed by atoms with Gasteiger partial charge in [0, 0.05) is 79.8 Å². The molecule has 9 nitrogen and oxygen atoms in total. The number of nitrogens with zero attached hydrogens (tertiary/aromatic N) is 4. The van der Waals surface area contributed by atoms with Crippen molar-refractivity contribution >= 4 is 23.8 Å². The second-order valence-corrected chi connectivity index (χ2v) is 9.84. The highest BCUT2D eigenvalue weighted by molar-refractivity contribution is 6.09. The van der Waals surface area contributed by atoms with Crippen molar-refractivity contribution in [1.29, 1.82) is 5.41 Å². The maximum absolute atomic E-state index is 14.2. The molecule has 0 unspecified atom stereocenters. The average Bonchev–Trinajstić information content (AvgIpc) is 3.39. The number of carbonyl (C=O) groups excluding carboxylic acids is 2. The topological polar surface area (TPSA) is 106 Å². The molecule has 39 heavy (non-hydrogen) atoms. The number of carbonyl (C=O) groups is 2. The monoisotopic (exact) mass is 541 g/mol. The largest absolute Gasteiger partial charge is 0.385 e. The standard InChI is InChI=1S/C26H31F2N7O2.C2H6/c1-33-13-17(12-31-33)19-9-16-3-2-7-35(23(16)11-20(19)25(27)28)26(29)21-14-34(15-36)8-5-22(21)32-18-4-6-30-24(37)10-18;1-2/h9,11-13,15,18,25,29,32H,2-8,10,14H2,1H3,(H,30,37);1-2H3/t18-;/m1./s1. The molecule has 0 spiro atoms. The zero-order chi connectivity index (χ0) is 28.1. The summed E-state index contributed by atoms with van der Waals surface area (Å²) in [6, 6.07) is 3.27. The number of hydrogen-bond donors (Lipinski definition) is 3. The number of amides is 2. The second kappa shape index (κ2) is 12.4. The molecule has 3 N–H and O–H groups in total. The lowest BCUT2D eigenvalue weighted by molar-refractivity contribution is -0.122. The number of piperidine rings is 1. The van der Waals surface area contributed by atoms with Crippen molar-refractivity contribution in [3.05, 3.63) is 46.9 Å². The highest BCUT2D eigenvalue weighted by Gasteiger charge is 2.31. The highest BCUT2D eigenvalue weighted by atomic mass is 19.3. The molecule has 210 valence electrons. The van der Waals surface area contributed by atoms with Crippen LogP contribution in [0.15, 0.2) is 35.8 Å². The van der Waals surface area contributed by atoms with Crippen LogP contribution in [0.1, 0.15) is 57.1 Å². The Morgan fingerprint density at radius 3 is 2.72 bits per heavy atom. The summed E-state index contributed by atoms with van der Waals surface area (Å²) in [5.41, 5.74) is 4.01. The number of halogens is 2. The van der Waals surface area contributed by atoms with Crippen molar-refractivity contribution in [2.45, 2.75) is 58.4 Å². The van der Waals surface area contributed by atoms with Gasteiger partial charge in [0.1, 0.15) is 5.84 Å². The van der Waals surface area contributed by atoms with Crippen LogP contribution in [0, 0.1) is 5.41 Å². The molecule has 5 rings (SSSR count). The van der Waals surface area contributed by atoms with Crippen LogP contribution in [0.5, 0.6) is 0 Å². The molecule has 1 saturated heterocycles. The number of aromatic nitrogens is 2. The summed E-state index contributed by atoms with van der Waals surface area (Å²) in [6.45, 7) is 5.88. The fourth-order valence-corrected chi connectivity index (χ4v) is 5.44. The Kier molecular flexibility index (Phi) is 8.98. The van der Waals surface area contributed by atoms with Gasteiger partial charge in [0.05, 0.1) is 12.7 Å². The molecule has 2 aromatic rings. The number of alkyl halides is 2. The molecule has 3 aliphatic heterocycles. The fraction of sp³-hybridized carbons (Fsp3) is 0.500. The van der Waals surface area contributed by atoms with E-state index < -0.39 is 6.43 Å². The Balaban J connectivity index is 0.00000172. The molecule has 0 radical (unpaired) electrons. The van der Waals surface area contributed by atoms with Crippen molar-refractivity contribution in [3.8, 4) is 11.1 Å². The van der Waals surface area contributed by atoms with Gasteiger partial charge in [-0.3, -0.25) is 19.7 Å². The van der Waals surface area contributed by atoms with E-state index in [1.54, 1.807) is 40.0 Å². The van der Waals surface area contributed by atoms with E-state index in [0.29, 0.717) is 54.9 Å². The SMILES string of the molecule is CC.Cn1cc(-c2cc3c(cc2C(F)F)N(C(=N)C2=C(N[C@@H]4CCNC(=O)C4)CCN(C=O)C2)CCC3)cn1. The predicted molar refractivity (Wildman–Crippen MR) is 147 cm³/mol. The first kappa shape index (κ1) is 28.3. The Bertz CT molecular complexity index is 1260. The zero-order valence-corrected chi connectivity index (χ0v) is 22.8. The third kappa shape index (κ3) is 6.12. The van der Waals surface area contributed by atoms with Crippen LogP contribution < -0.4 is 15.5 Å². The molecule has 0 bridgehead atoms. The number of rotatable bonds is 6. The maximum Gasteiger partial charge on any atom is 0.264 e. The average molecular weight is 542 g/mol. The van der Waals surface area contributed by atoms with E-state index >= 15 is 0 Å². The van der Waals surface area contributed by atoms with E-state index in [2.05, 4.69) is 15.7 Å². The van der Waals surface area contributed by atoms with Crippen molar-refractivity contribution in [1.82, 2.24) is 25.3 Å². The van der Waals surface area contributed by atoms with Crippen molar-refractivity contribution in [3.63, 3.8) is 0 Å². The van der Waals surface area contributed by atoms with E-state index in [0.717, 1.165) is 36.9 Å². The van der Waals surface area contributed by atoms with Crippen LogP contribution in [0.2, 0.25) is 0 Å². The van der Waals surface area contributed by atoms with Gasteiger partial charge in [0.15, 0.2) is 0 Å². The third-order valence-electron chi connectivity index (χ3n) is 7.32. The van der Waals surface area contributed by atoms with Gasteiger partial charge < -0.3 is 20.4 Å². The van der Waals surface area contributed by atoms with Gasteiger partial charge >= 0.3 is 0 Å². The number of anilines is 1. The van der Waals surface area contributed by atoms with Gasteiger partial charge in [0.2, 0.25) is 12.3 Å². The van der Waals surface area contributed by atoms with E-state index in [1.165, 1.54) is 6.07 Å². The van der Waals surface area contributed by atoms with Gasteiger partial charge in [-0.15, -0.1) is 0 Å². The van der Waals surface area contributed by atoms with Crippen LogP contribution in [0.3, 0.4) is 0 Å². The van der Waals surface area contributed by atoms with Gasteiger partial charge in [-0.25, -0.2) is 8.78 Å². The summed E-state index contributed by atoms with van der Waals surface area (Å²) in [6.07, 6.45) is 4.55. The van der Waals surface area contributed by atoms with Crippen LogP contribution in [-0.2, 0) is 23.1 Å². The highest BCUT2D eigenvalue weighted by Crippen LogP contribution is 2.39. The fourth-order valence-electron chi connectivity index (χ4n) is 5.44. The lowest BCUT2D eigenvalue weighted by Gasteiger charge is -2.37. The van der Waals surface area contributed by atoms with Crippen molar-refractivity contribution < 1.29 is 18.4 Å². The van der Waals surface area contributed by atoms with Gasteiger partial charge in [-0.05, 0) is 42.5 Å². The van der Waals surface area contributed by atoms with Crippen LogP contribution >= 0.6 is 0 Å². The van der Waals surface area contributed by atoms with E-state index in [9.17, 15) is 18.4 Å². The Morgan fingerprint density at radius 1 is 1.26 bits per heavy atom. The first-order chi connectivity index (χ1) is 18.8. The summed E-state index contributed by atoms with van der Waals surface area (Å²) in [5, 5.41) is 19.6. The summed E-state index contributed by atoms with van der Waals surface area (Å²) < 4.78 is 30.0. The van der Waals surface area contributed by atoms with E-state index in [4.69, 9.17) is 5.41 Å².